The van der Waals surface area contributed by atoms with Gasteiger partial charge in [-0.15, -0.1) is 0 Å². The van der Waals surface area contributed by atoms with Crippen molar-refractivity contribution in [1.29, 1.82) is 0 Å². The summed E-state index contributed by atoms with van der Waals surface area (Å²) in [5.74, 6) is 0.927. The van der Waals surface area contributed by atoms with E-state index in [1.165, 1.54) is 7.11 Å². The zero-order chi connectivity index (χ0) is 15.1. The molecule has 0 atom stereocenters. The minimum absolute atomic E-state index is 0.138. The van der Waals surface area contributed by atoms with Crippen LogP contribution in [-0.4, -0.2) is 32.3 Å². The van der Waals surface area contributed by atoms with Crippen LogP contribution in [0.25, 0.3) is 0 Å². The summed E-state index contributed by atoms with van der Waals surface area (Å²) in [4.78, 5) is 22.9. The van der Waals surface area contributed by atoms with Gasteiger partial charge in [0, 0.05) is 18.5 Å². The van der Waals surface area contributed by atoms with E-state index < -0.39 is 0 Å². The summed E-state index contributed by atoms with van der Waals surface area (Å²) in [6.45, 7) is 0.773. The van der Waals surface area contributed by atoms with E-state index in [1.54, 1.807) is 18.2 Å². The first-order valence-electron chi connectivity index (χ1n) is 6.95. The first-order chi connectivity index (χ1) is 10.2. The number of amides is 1. The Morgan fingerprint density at radius 3 is 2.81 bits per heavy atom. The summed E-state index contributed by atoms with van der Waals surface area (Å²) in [5, 5.41) is 2.84. The lowest BCUT2D eigenvalue weighted by molar-refractivity contribution is -0.140. The average molecular weight is 293 g/mol. The molecule has 1 N–H and O–H groups in total. The summed E-state index contributed by atoms with van der Waals surface area (Å²) >= 11 is 0. The highest BCUT2D eigenvalue weighted by atomic mass is 16.7. The second-order valence-electron chi connectivity index (χ2n) is 4.71. The Bertz CT molecular complexity index is 515. The molecule has 1 heterocycles. The molecule has 114 valence electrons. The molecule has 0 spiro atoms. The highest BCUT2D eigenvalue weighted by Crippen LogP contribution is 2.32. The quantitative estimate of drug-likeness (QED) is 0.614. The van der Waals surface area contributed by atoms with Crippen LogP contribution in [0.3, 0.4) is 0 Å². The molecule has 1 amide bonds. The largest absolute Gasteiger partial charge is 0.469 e. The molecule has 0 saturated carbocycles. The molecule has 0 aromatic heterocycles. The molecule has 1 aliphatic rings. The van der Waals surface area contributed by atoms with Crippen LogP contribution in [0.15, 0.2) is 18.2 Å². The van der Waals surface area contributed by atoms with Crippen molar-refractivity contribution in [2.75, 3.05) is 20.4 Å². The zero-order valence-electron chi connectivity index (χ0n) is 12.0. The molecule has 1 aromatic carbocycles. The van der Waals surface area contributed by atoms with Crippen molar-refractivity contribution in [2.45, 2.75) is 25.7 Å². The topological polar surface area (TPSA) is 73.9 Å². The number of benzene rings is 1. The van der Waals surface area contributed by atoms with Crippen molar-refractivity contribution in [3.63, 3.8) is 0 Å². The van der Waals surface area contributed by atoms with Crippen LogP contribution in [-0.2, 0) is 9.53 Å². The summed E-state index contributed by atoms with van der Waals surface area (Å²) in [7, 11) is 1.38. The van der Waals surface area contributed by atoms with Crippen molar-refractivity contribution in [2.24, 2.45) is 0 Å². The van der Waals surface area contributed by atoms with Crippen LogP contribution in [0.4, 0.5) is 0 Å². The van der Waals surface area contributed by atoms with Crippen LogP contribution >= 0.6 is 0 Å². The van der Waals surface area contributed by atoms with E-state index in [2.05, 4.69) is 10.1 Å². The number of unbranched alkanes of at least 4 members (excludes halogenated alkanes) is 2. The third-order valence-electron chi connectivity index (χ3n) is 3.21. The number of fused-ring (bicyclic) bond motifs is 1. The SMILES string of the molecule is COC(=O)CCCCCNC(=O)c1ccc2c(c1)OCO2. The predicted molar refractivity (Wildman–Crippen MR) is 75.4 cm³/mol. The molecule has 2 rings (SSSR count). The van der Waals surface area contributed by atoms with E-state index >= 15 is 0 Å². The lowest BCUT2D eigenvalue weighted by Crippen LogP contribution is -2.24. The third kappa shape index (κ3) is 4.37. The van der Waals surface area contributed by atoms with Crippen LogP contribution in [0.1, 0.15) is 36.0 Å². The van der Waals surface area contributed by atoms with Crippen molar-refractivity contribution < 1.29 is 23.8 Å². The Labute approximate surface area is 123 Å². The summed E-state index contributed by atoms with van der Waals surface area (Å²) in [6.07, 6.45) is 2.89. The van der Waals surface area contributed by atoms with Crippen LogP contribution < -0.4 is 14.8 Å². The number of hydrogen-bond acceptors (Lipinski definition) is 5. The molecule has 0 aliphatic carbocycles. The van der Waals surface area contributed by atoms with Crippen LogP contribution in [0, 0.1) is 0 Å². The van der Waals surface area contributed by atoms with Gasteiger partial charge in [-0.2, -0.15) is 0 Å². The molecule has 0 fully saturated rings. The summed E-state index contributed by atoms with van der Waals surface area (Å²) < 4.78 is 15.0. The number of esters is 1. The Hall–Kier alpha value is -2.24. The standard InChI is InChI=1S/C15H19NO5/c1-19-14(17)5-3-2-4-8-16-15(18)11-6-7-12-13(9-11)21-10-20-12/h6-7,9H,2-5,8,10H2,1H3,(H,16,18). The number of carbonyl (C=O) groups is 2. The van der Waals surface area contributed by atoms with Gasteiger partial charge in [0.2, 0.25) is 6.79 Å². The maximum absolute atomic E-state index is 12.0. The molecule has 6 heteroatoms. The second-order valence-corrected chi connectivity index (χ2v) is 4.71. The van der Waals surface area contributed by atoms with Crippen molar-refractivity contribution in [1.82, 2.24) is 5.32 Å². The number of methoxy groups -OCH3 is 1. The van der Waals surface area contributed by atoms with E-state index in [1.807, 2.05) is 0 Å². The number of nitrogens with one attached hydrogen (secondary N) is 1. The van der Waals surface area contributed by atoms with Gasteiger partial charge in [0.15, 0.2) is 11.5 Å². The van der Waals surface area contributed by atoms with E-state index in [0.717, 1.165) is 19.3 Å². The molecule has 1 aliphatic heterocycles. The normalized spacial score (nSPS) is 12.0. The first kappa shape index (κ1) is 15.2. The number of hydrogen-bond donors (Lipinski definition) is 1. The zero-order valence-corrected chi connectivity index (χ0v) is 12.0. The molecule has 0 unspecified atom stereocenters. The highest BCUT2D eigenvalue weighted by molar-refractivity contribution is 5.94. The van der Waals surface area contributed by atoms with Gasteiger partial charge in [0.25, 0.3) is 5.91 Å². The number of carbonyl (C=O) groups excluding carboxylic acids is 2. The highest BCUT2D eigenvalue weighted by Gasteiger charge is 2.15. The number of ether oxygens (including phenoxy) is 3. The second kappa shape index (κ2) is 7.52. The fourth-order valence-corrected chi connectivity index (χ4v) is 2.01. The minimum Gasteiger partial charge on any atom is -0.469 e. The van der Waals surface area contributed by atoms with Gasteiger partial charge in [-0.3, -0.25) is 9.59 Å². The van der Waals surface area contributed by atoms with Gasteiger partial charge in [-0.05, 0) is 31.0 Å². The van der Waals surface area contributed by atoms with Crippen molar-refractivity contribution >= 4 is 11.9 Å². The van der Waals surface area contributed by atoms with E-state index in [9.17, 15) is 9.59 Å². The molecular formula is C15H19NO5. The van der Waals surface area contributed by atoms with Crippen LogP contribution in [0.5, 0.6) is 11.5 Å². The van der Waals surface area contributed by atoms with Crippen molar-refractivity contribution in [3.05, 3.63) is 23.8 Å². The Morgan fingerprint density at radius 2 is 2.00 bits per heavy atom. The smallest absolute Gasteiger partial charge is 0.305 e. The fraction of sp³-hybridized carbons (Fsp3) is 0.467. The average Bonchev–Trinajstić information content (AvgIpc) is 2.97. The third-order valence-corrected chi connectivity index (χ3v) is 3.21. The lowest BCUT2D eigenvalue weighted by atomic mass is 10.1. The molecule has 0 radical (unpaired) electrons. The van der Waals surface area contributed by atoms with Gasteiger partial charge in [-0.25, -0.2) is 0 Å². The number of rotatable bonds is 7. The molecule has 1 aromatic rings. The van der Waals surface area contributed by atoms with E-state index in [0.29, 0.717) is 30.0 Å². The van der Waals surface area contributed by atoms with E-state index in [-0.39, 0.29) is 18.7 Å². The monoisotopic (exact) mass is 293 g/mol. The molecule has 21 heavy (non-hydrogen) atoms. The summed E-state index contributed by atoms with van der Waals surface area (Å²) in [5.41, 5.74) is 0.550. The van der Waals surface area contributed by atoms with Crippen molar-refractivity contribution in [3.8, 4) is 11.5 Å². The first-order valence-corrected chi connectivity index (χ1v) is 6.95. The minimum atomic E-state index is -0.195. The molecule has 6 nitrogen and oxygen atoms in total. The summed E-state index contributed by atoms with van der Waals surface area (Å²) in [6, 6.07) is 5.11. The fourth-order valence-electron chi connectivity index (χ4n) is 2.01. The maximum Gasteiger partial charge on any atom is 0.305 e. The van der Waals surface area contributed by atoms with Gasteiger partial charge >= 0.3 is 5.97 Å². The Balaban J connectivity index is 1.67. The van der Waals surface area contributed by atoms with Gasteiger partial charge in [0.1, 0.15) is 0 Å². The molecule has 0 saturated heterocycles. The Kier molecular flexibility index (Phi) is 5.43. The van der Waals surface area contributed by atoms with Gasteiger partial charge in [-0.1, -0.05) is 6.42 Å². The van der Waals surface area contributed by atoms with E-state index in [4.69, 9.17) is 9.47 Å². The molecular weight excluding hydrogens is 274 g/mol. The van der Waals surface area contributed by atoms with Crippen LogP contribution in [0.2, 0.25) is 0 Å². The lowest BCUT2D eigenvalue weighted by Gasteiger charge is -2.06. The predicted octanol–water partition coefficient (Wildman–Crippen LogP) is 1.88. The van der Waals surface area contributed by atoms with Gasteiger partial charge in [0.05, 0.1) is 7.11 Å². The van der Waals surface area contributed by atoms with Gasteiger partial charge < -0.3 is 19.5 Å². The Morgan fingerprint density at radius 1 is 1.19 bits per heavy atom. The maximum atomic E-state index is 12.0. The molecule has 0 bridgehead atoms.